The number of hydrogen-bond acceptors (Lipinski definition) is 2. The van der Waals surface area contributed by atoms with Crippen LogP contribution in [0.2, 0.25) is 0 Å². The van der Waals surface area contributed by atoms with Gasteiger partial charge < -0.3 is 9.30 Å². The van der Waals surface area contributed by atoms with Crippen LogP contribution in [0.25, 0.3) is 11.3 Å². The number of hydrogen-bond donors (Lipinski definition) is 0. The standard InChI is InChI=1S/C15H13FINO2/c1-3-9-20-13-6-4-5-10(16)14(13)12-8-7-11(17)15(19)18(12)2/h3-8H,1,9H2,2H3. The molecule has 0 N–H and O–H groups in total. The average Bonchev–Trinajstić information content (AvgIpc) is 2.44. The first-order valence-corrected chi connectivity index (χ1v) is 7.02. The normalized spacial score (nSPS) is 10.3. The second-order valence-electron chi connectivity index (χ2n) is 4.14. The molecule has 0 aliphatic rings. The third-order valence-corrected chi connectivity index (χ3v) is 3.67. The first kappa shape index (κ1) is 14.8. The smallest absolute Gasteiger partial charge is 0.264 e. The summed E-state index contributed by atoms with van der Waals surface area (Å²) in [6, 6.07) is 7.97. The fraction of sp³-hybridized carbons (Fsp3) is 0.133. The van der Waals surface area contributed by atoms with Gasteiger partial charge in [0.2, 0.25) is 0 Å². The Morgan fingerprint density at radius 2 is 2.15 bits per heavy atom. The lowest BCUT2D eigenvalue weighted by atomic mass is 10.1. The van der Waals surface area contributed by atoms with Crippen LogP contribution in [0.5, 0.6) is 5.75 Å². The first-order chi connectivity index (χ1) is 9.56. The summed E-state index contributed by atoms with van der Waals surface area (Å²) in [7, 11) is 1.61. The Bertz CT molecular complexity index is 710. The minimum Gasteiger partial charge on any atom is -0.489 e. The molecule has 3 nitrogen and oxygen atoms in total. The Morgan fingerprint density at radius 3 is 2.85 bits per heavy atom. The van der Waals surface area contributed by atoms with Crippen molar-refractivity contribution in [3.05, 3.63) is 62.7 Å². The first-order valence-electron chi connectivity index (χ1n) is 5.94. The summed E-state index contributed by atoms with van der Waals surface area (Å²) in [6.07, 6.45) is 1.58. The number of nitrogens with zero attached hydrogens (tertiary/aromatic N) is 1. The molecule has 0 fully saturated rings. The molecule has 20 heavy (non-hydrogen) atoms. The summed E-state index contributed by atoms with van der Waals surface area (Å²) < 4.78 is 21.6. The molecular formula is C15H13FINO2. The molecular weight excluding hydrogens is 372 g/mol. The van der Waals surface area contributed by atoms with E-state index >= 15 is 0 Å². The van der Waals surface area contributed by atoms with Gasteiger partial charge in [-0.05, 0) is 46.9 Å². The molecule has 1 aromatic carbocycles. The van der Waals surface area contributed by atoms with Gasteiger partial charge in [0, 0.05) is 7.05 Å². The zero-order valence-corrected chi connectivity index (χ0v) is 13.1. The Kier molecular flexibility index (Phi) is 4.59. The SMILES string of the molecule is C=CCOc1cccc(F)c1-c1ccc(I)c(=O)n1C. The fourth-order valence-electron chi connectivity index (χ4n) is 1.88. The molecule has 5 heteroatoms. The van der Waals surface area contributed by atoms with Crippen molar-refractivity contribution in [3.8, 4) is 17.0 Å². The second kappa shape index (κ2) is 6.21. The van der Waals surface area contributed by atoms with Crippen LogP contribution in [0.3, 0.4) is 0 Å². The van der Waals surface area contributed by atoms with E-state index in [0.717, 1.165) is 0 Å². The molecule has 104 valence electrons. The lowest BCUT2D eigenvalue weighted by Gasteiger charge is -2.14. The van der Waals surface area contributed by atoms with Gasteiger partial charge in [-0.3, -0.25) is 4.79 Å². The van der Waals surface area contributed by atoms with Gasteiger partial charge in [-0.15, -0.1) is 0 Å². The molecule has 2 rings (SSSR count). The van der Waals surface area contributed by atoms with Crippen LogP contribution < -0.4 is 10.3 Å². The van der Waals surface area contributed by atoms with E-state index in [1.165, 1.54) is 10.6 Å². The van der Waals surface area contributed by atoms with Crippen LogP contribution in [0.15, 0.2) is 47.8 Å². The average molecular weight is 385 g/mol. The van der Waals surface area contributed by atoms with E-state index in [1.54, 1.807) is 37.4 Å². The van der Waals surface area contributed by atoms with E-state index in [1.807, 2.05) is 22.6 Å². The van der Waals surface area contributed by atoms with Crippen molar-refractivity contribution in [2.45, 2.75) is 0 Å². The van der Waals surface area contributed by atoms with Crippen molar-refractivity contribution in [2.24, 2.45) is 7.05 Å². The molecule has 0 amide bonds. The molecule has 2 aromatic rings. The molecule has 0 saturated heterocycles. The Labute approximate surface area is 129 Å². The van der Waals surface area contributed by atoms with Crippen LogP contribution in [0.1, 0.15) is 0 Å². The molecule has 0 atom stereocenters. The quantitative estimate of drug-likeness (QED) is 0.597. The topological polar surface area (TPSA) is 31.2 Å². The highest BCUT2D eigenvalue weighted by Crippen LogP contribution is 2.32. The summed E-state index contributed by atoms with van der Waals surface area (Å²) in [4.78, 5) is 12.0. The van der Waals surface area contributed by atoms with Crippen LogP contribution in [0.4, 0.5) is 4.39 Å². The maximum atomic E-state index is 14.2. The largest absolute Gasteiger partial charge is 0.489 e. The molecule has 1 aromatic heterocycles. The third kappa shape index (κ3) is 2.77. The van der Waals surface area contributed by atoms with Gasteiger partial charge in [0.25, 0.3) is 5.56 Å². The van der Waals surface area contributed by atoms with E-state index < -0.39 is 5.82 Å². The van der Waals surface area contributed by atoms with Crippen molar-refractivity contribution in [3.63, 3.8) is 0 Å². The van der Waals surface area contributed by atoms with Crippen LogP contribution in [0, 0.1) is 9.39 Å². The molecule has 0 aliphatic heterocycles. The Hall–Kier alpha value is -1.63. The van der Waals surface area contributed by atoms with Gasteiger partial charge in [-0.25, -0.2) is 4.39 Å². The van der Waals surface area contributed by atoms with Crippen molar-refractivity contribution in [2.75, 3.05) is 6.61 Å². The van der Waals surface area contributed by atoms with E-state index in [4.69, 9.17) is 4.74 Å². The van der Waals surface area contributed by atoms with Gasteiger partial charge in [-0.2, -0.15) is 0 Å². The number of ether oxygens (including phenoxy) is 1. The van der Waals surface area contributed by atoms with Crippen molar-refractivity contribution in [1.82, 2.24) is 4.57 Å². The van der Waals surface area contributed by atoms with Crippen LogP contribution in [-0.2, 0) is 7.05 Å². The maximum Gasteiger partial charge on any atom is 0.264 e. The molecule has 0 spiro atoms. The van der Waals surface area contributed by atoms with Gasteiger partial charge in [0.1, 0.15) is 18.2 Å². The van der Waals surface area contributed by atoms with E-state index in [2.05, 4.69) is 6.58 Å². The summed E-state index contributed by atoms with van der Waals surface area (Å²) in [5.74, 6) is -0.0381. The maximum absolute atomic E-state index is 14.2. The second-order valence-corrected chi connectivity index (χ2v) is 5.31. The summed E-state index contributed by atoms with van der Waals surface area (Å²) in [5, 5.41) is 0. The van der Waals surface area contributed by atoms with Gasteiger partial charge in [0.05, 0.1) is 14.8 Å². The molecule has 0 saturated carbocycles. The minimum absolute atomic E-state index is 0.166. The van der Waals surface area contributed by atoms with Crippen molar-refractivity contribution < 1.29 is 9.13 Å². The zero-order chi connectivity index (χ0) is 14.7. The Balaban J connectivity index is 2.66. The molecule has 1 heterocycles. The molecule has 0 unspecified atom stereocenters. The van der Waals surface area contributed by atoms with Gasteiger partial charge >= 0.3 is 0 Å². The molecule has 0 aliphatic carbocycles. The predicted molar refractivity (Wildman–Crippen MR) is 85.5 cm³/mol. The molecule has 0 radical (unpaired) electrons. The summed E-state index contributed by atoms with van der Waals surface area (Å²) >= 11 is 1.95. The van der Waals surface area contributed by atoms with Crippen molar-refractivity contribution >= 4 is 22.6 Å². The monoisotopic (exact) mass is 385 g/mol. The number of halogens is 2. The van der Waals surface area contributed by atoms with Crippen LogP contribution in [-0.4, -0.2) is 11.2 Å². The minimum atomic E-state index is -0.428. The lowest BCUT2D eigenvalue weighted by Crippen LogP contribution is -2.21. The highest BCUT2D eigenvalue weighted by Gasteiger charge is 2.15. The number of benzene rings is 1. The number of rotatable bonds is 4. The van der Waals surface area contributed by atoms with Crippen LogP contribution >= 0.6 is 22.6 Å². The lowest BCUT2D eigenvalue weighted by molar-refractivity contribution is 0.362. The highest BCUT2D eigenvalue weighted by atomic mass is 127. The van der Waals surface area contributed by atoms with Crippen molar-refractivity contribution in [1.29, 1.82) is 0 Å². The van der Waals surface area contributed by atoms with E-state index in [9.17, 15) is 9.18 Å². The van der Waals surface area contributed by atoms with E-state index in [0.29, 0.717) is 15.0 Å². The number of pyridine rings is 1. The zero-order valence-electron chi connectivity index (χ0n) is 10.9. The van der Waals surface area contributed by atoms with E-state index in [-0.39, 0.29) is 17.7 Å². The third-order valence-electron chi connectivity index (χ3n) is 2.85. The number of aromatic nitrogens is 1. The van der Waals surface area contributed by atoms with Gasteiger partial charge in [0.15, 0.2) is 0 Å². The summed E-state index contributed by atoms with van der Waals surface area (Å²) in [5.41, 5.74) is 0.596. The summed E-state index contributed by atoms with van der Waals surface area (Å²) in [6.45, 7) is 3.84. The van der Waals surface area contributed by atoms with Gasteiger partial charge in [-0.1, -0.05) is 18.7 Å². The fourth-order valence-corrected chi connectivity index (χ4v) is 2.42. The Morgan fingerprint density at radius 1 is 1.40 bits per heavy atom. The molecule has 0 bridgehead atoms. The highest BCUT2D eigenvalue weighted by molar-refractivity contribution is 14.1. The predicted octanol–water partition coefficient (Wildman–Crippen LogP) is 3.36.